The second kappa shape index (κ2) is 7.96. The molecule has 7 nitrogen and oxygen atoms in total. The molecule has 28 heavy (non-hydrogen) atoms. The molecule has 0 spiro atoms. The third kappa shape index (κ3) is 4.03. The van der Waals surface area contributed by atoms with Crippen molar-refractivity contribution in [3.63, 3.8) is 0 Å². The molecule has 1 N–H and O–H groups in total. The molecule has 3 rings (SSSR count). The maximum atomic E-state index is 12.5. The van der Waals surface area contributed by atoms with Crippen LogP contribution in [0.25, 0.3) is 11.0 Å². The summed E-state index contributed by atoms with van der Waals surface area (Å²) < 4.78 is 14.9. The lowest BCUT2D eigenvalue weighted by Gasteiger charge is -2.09. The Hall–Kier alpha value is -3.61. The highest BCUT2D eigenvalue weighted by Crippen LogP contribution is 2.23. The maximum absolute atomic E-state index is 12.5. The Morgan fingerprint density at radius 3 is 2.21 bits per heavy atom. The molecule has 0 saturated carbocycles. The Morgan fingerprint density at radius 2 is 1.61 bits per heavy atom. The highest BCUT2D eigenvalue weighted by Gasteiger charge is 2.16. The molecule has 7 heteroatoms. The van der Waals surface area contributed by atoms with E-state index in [1.54, 1.807) is 6.26 Å². The van der Waals surface area contributed by atoms with Crippen molar-refractivity contribution >= 4 is 34.5 Å². The van der Waals surface area contributed by atoms with Crippen LogP contribution in [0.2, 0.25) is 0 Å². The van der Waals surface area contributed by atoms with Crippen molar-refractivity contribution in [1.29, 1.82) is 0 Å². The average molecular weight is 381 g/mol. The lowest BCUT2D eigenvalue weighted by atomic mass is 10.1. The Morgan fingerprint density at radius 1 is 0.964 bits per heavy atom. The Balaban J connectivity index is 1.84. The summed E-state index contributed by atoms with van der Waals surface area (Å²) in [4.78, 5) is 36.2. The van der Waals surface area contributed by atoms with Gasteiger partial charge in [-0.05, 0) is 36.8 Å². The number of ether oxygens (including phenoxy) is 2. The fourth-order valence-corrected chi connectivity index (χ4v) is 2.88. The summed E-state index contributed by atoms with van der Waals surface area (Å²) in [6.45, 7) is 1.96. The number of methoxy groups -OCH3 is 2. The molecule has 1 aromatic heterocycles. The van der Waals surface area contributed by atoms with Crippen molar-refractivity contribution in [2.75, 3.05) is 19.5 Å². The monoisotopic (exact) mass is 381 g/mol. The maximum Gasteiger partial charge on any atom is 0.337 e. The molecule has 3 aromatic rings. The summed E-state index contributed by atoms with van der Waals surface area (Å²) >= 11 is 0. The van der Waals surface area contributed by atoms with E-state index in [2.05, 4.69) is 5.32 Å². The molecule has 0 aliphatic heterocycles. The van der Waals surface area contributed by atoms with Crippen LogP contribution >= 0.6 is 0 Å². The Labute approximate surface area is 161 Å². The Bertz CT molecular complexity index is 1030. The van der Waals surface area contributed by atoms with Gasteiger partial charge in [-0.1, -0.05) is 12.1 Å². The molecule has 0 saturated heterocycles. The predicted molar refractivity (Wildman–Crippen MR) is 102 cm³/mol. The first-order valence-electron chi connectivity index (χ1n) is 8.49. The fraction of sp³-hybridized carbons (Fsp3) is 0.190. The number of nitrogens with one attached hydrogen (secondary N) is 1. The smallest absolute Gasteiger partial charge is 0.337 e. The molecular formula is C21H19NO6. The number of carbonyl (C=O) groups excluding carboxylic acids is 3. The van der Waals surface area contributed by atoms with Crippen LogP contribution in [0.15, 0.2) is 47.1 Å². The van der Waals surface area contributed by atoms with E-state index in [-0.39, 0.29) is 29.1 Å². The van der Waals surface area contributed by atoms with Gasteiger partial charge in [-0.15, -0.1) is 0 Å². The lowest BCUT2D eigenvalue weighted by Crippen LogP contribution is -2.16. The number of amides is 1. The summed E-state index contributed by atoms with van der Waals surface area (Å²) in [7, 11) is 2.47. The molecule has 0 atom stereocenters. The molecule has 1 heterocycles. The number of rotatable bonds is 5. The van der Waals surface area contributed by atoms with Gasteiger partial charge in [0.2, 0.25) is 5.91 Å². The number of esters is 2. The van der Waals surface area contributed by atoms with Gasteiger partial charge in [-0.25, -0.2) is 9.59 Å². The number of carbonyl (C=O) groups is 3. The van der Waals surface area contributed by atoms with E-state index >= 15 is 0 Å². The molecule has 0 aliphatic rings. The predicted octanol–water partition coefficient (Wildman–Crippen LogP) is 3.50. The minimum Gasteiger partial charge on any atom is -0.465 e. The van der Waals surface area contributed by atoms with E-state index in [9.17, 15) is 14.4 Å². The van der Waals surface area contributed by atoms with Crippen LogP contribution in [-0.4, -0.2) is 32.1 Å². The number of hydrogen-bond donors (Lipinski definition) is 1. The SMILES string of the molecule is COC(=O)c1cc(NC(=O)Cc2coc3cc(C)ccc23)cc(C(=O)OC)c1. The summed E-state index contributed by atoms with van der Waals surface area (Å²) in [6.07, 6.45) is 1.63. The second-order valence-corrected chi connectivity index (χ2v) is 6.27. The van der Waals surface area contributed by atoms with E-state index < -0.39 is 11.9 Å². The molecule has 0 radical (unpaired) electrons. The van der Waals surface area contributed by atoms with Crippen LogP contribution < -0.4 is 5.32 Å². The molecule has 0 unspecified atom stereocenters. The first-order valence-corrected chi connectivity index (χ1v) is 8.49. The highest BCUT2D eigenvalue weighted by molar-refractivity contribution is 6.00. The molecule has 0 aliphatic carbocycles. The van der Waals surface area contributed by atoms with Gasteiger partial charge in [0.25, 0.3) is 0 Å². The number of furan rings is 1. The second-order valence-electron chi connectivity index (χ2n) is 6.27. The molecule has 0 fully saturated rings. The summed E-state index contributed by atoms with van der Waals surface area (Å²) in [5.41, 5.74) is 3.06. The molecule has 2 aromatic carbocycles. The van der Waals surface area contributed by atoms with Gasteiger partial charge < -0.3 is 19.2 Å². The molecule has 144 valence electrons. The average Bonchev–Trinajstić information content (AvgIpc) is 3.07. The van der Waals surface area contributed by atoms with Crippen molar-refractivity contribution in [3.05, 3.63) is 64.9 Å². The van der Waals surface area contributed by atoms with E-state index in [0.717, 1.165) is 16.5 Å². The standard InChI is InChI=1S/C21H19NO6/c1-12-4-5-17-15(11-28-18(17)6-12)10-19(23)22-16-8-13(20(24)26-2)7-14(9-16)21(25)27-3/h4-9,11H,10H2,1-3H3,(H,22,23). The van der Waals surface area contributed by atoms with Crippen LogP contribution in [0.5, 0.6) is 0 Å². The van der Waals surface area contributed by atoms with Crippen LogP contribution in [0.3, 0.4) is 0 Å². The molecular weight excluding hydrogens is 362 g/mol. The quantitative estimate of drug-likeness (QED) is 0.680. The first-order chi connectivity index (χ1) is 13.4. The third-order valence-electron chi connectivity index (χ3n) is 4.22. The van der Waals surface area contributed by atoms with Crippen LogP contribution in [0, 0.1) is 6.92 Å². The van der Waals surface area contributed by atoms with Crippen molar-refractivity contribution in [2.45, 2.75) is 13.3 Å². The van der Waals surface area contributed by atoms with Gasteiger partial charge in [-0.2, -0.15) is 0 Å². The van der Waals surface area contributed by atoms with Gasteiger partial charge in [0.05, 0.1) is 38.0 Å². The minimum atomic E-state index is -0.627. The van der Waals surface area contributed by atoms with Gasteiger partial charge in [0, 0.05) is 16.6 Å². The zero-order chi connectivity index (χ0) is 20.3. The van der Waals surface area contributed by atoms with Crippen molar-refractivity contribution in [2.24, 2.45) is 0 Å². The minimum absolute atomic E-state index is 0.0755. The van der Waals surface area contributed by atoms with Crippen molar-refractivity contribution < 1.29 is 28.3 Å². The van der Waals surface area contributed by atoms with Gasteiger partial charge in [-0.3, -0.25) is 4.79 Å². The van der Waals surface area contributed by atoms with Gasteiger partial charge >= 0.3 is 11.9 Å². The summed E-state index contributed by atoms with van der Waals surface area (Å²) in [6, 6.07) is 9.98. The number of benzene rings is 2. The highest BCUT2D eigenvalue weighted by atomic mass is 16.5. The number of fused-ring (bicyclic) bond motifs is 1. The van der Waals surface area contributed by atoms with Crippen molar-refractivity contribution in [3.8, 4) is 0 Å². The summed E-state index contributed by atoms with van der Waals surface area (Å²) in [5.74, 6) is -1.57. The van der Waals surface area contributed by atoms with E-state index in [1.165, 1.54) is 32.4 Å². The normalized spacial score (nSPS) is 10.5. The van der Waals surface area contributed by atoms with E-state index in [0.29, 0.717) is 5.58 Å². The van der Waals surface area contributed by atoms with Gasteiger partial charge in [0.1, 0.15) is 5.58 Å². The van der Waals surface area contributed by atoms with Crippen LogP contribution in [0.1, 0.15) is 31.8 Å². The fourth-order valence-electron chi connectivity index (χ4n) is 2.88. The molecule has 0 bridgehead atoms. The summed E-state index contributed by atoms with van der Waals surface area (Å²) in [5, 5.41) is 3.56. The largest absolute Gasteiger partial charge is 0.465 e. The number of anilines is 1. The topological polar surface area (TPSA) is 94.8 Å². The van der Waals surface area contributed by atoms with E-state index in [4.69, 9.17) is 13.9 Å². The number of aryl methyl sites for hydroxylation is 1. The van der Waals surface area contributed by atoms with Gasteiger partial charge in [0.15, 0.2) is 0 Å². The Kier molecular flexibility index (Phi) is 5.44. The zero-order valence-corrected chi connectivity index (χ0v) is 15.7. The first kappa shape index (κ1) is 19.2. The zero-order valence-electron chi connectivity index (χ0n) is 15.7. The number of hydrogen-bond acceptors (Lipinski definition) is 6. The molecule has 1 amide bonds. The van der Waals surface area contributed by atoms with Crippen LogP contribution in [-0.2, 0) is 20.7 Å². The van der Waals surface area contributed by atoms with Crippen LogP contribution in [0.4, 0.5) is 5.69 Å². The van der Waals surface area contributed by atoms with E-state index in [1.807, 2.05) is 25.1 Å². The lowest BCUT2D eigenvalue weighted by molar-refractivity contribution is -0.115. The van der Waals surface area contributed by atoms with Crippen molar-refractivity contribution in [1.82, 2.24) is 0 Å². The third-order valence-corrected chi connectivity index (χ3v) is 4.22.